The third kappa shape index (κ3) is 4.08. The summed E-state index contributed by atoms with van der Waals surface area (Å²) in [6.07, 6.45) is 1.73. The average molecular weight is 346 g/mol. The van der Waals surface area contributed by atoms with Crippen molar-refractivity contribution in [3.63, 3.8) is 0 Å². The van der Waals surface area contributed by atoms with Crippen molar-refractivity contribution >= 4 is 35.0 Å². The first-order valence-corrected chi connectivity index (χ1v) is 8.63. The smallest absolute Gasteiger partial charge is 0.231 e. The van der Waals surface area contributed by atoms with Gasteiger partial charge in [0.15, 0.2) is 0 Å². The second-order valence-corrected chi connectivity index (χ2v) is 6.44. The Bertz CT molecular complexity index is 759. The number of thiazole rings is 1. The molecule has 23 heavy (non-hydrogen) atoms. The number of rotatable bonds is 6. The number of anilines is 1. The number of nitrogens with two attached hydrogens (primary N) is 1. The van der Waals surface area contributed by atoms with Crippen LogP contribution in [0.2, 0.25) is 0 Å². The number of hydrogen-bond donors (Lipinski definition) is 3. The van der Waals surface area contributed by atoms with Gasteiger partial charge in [0.1, 0.15) is 11.0 Å². The maximum absolute atomic E-state index is 12.3. The summed E-state index contributed by atoms with van der Waals surface area (Å²) in [5, 5.41) is 12.6. The van der Waals surface area contributed by atoms with Gasteiger partial charge in [-0.05, 0) is 5.56 Å². The fraction of sp³-hybridized carbons (Fsp3) is 0.143. The summed E-state index contributed by atoms with van der Waals surface area (Å²) in [4.78, 5) is 20.5. The van der Waals surface area contributed by atoms with Crippen LogP contribution in [0.3, 0.4) is 0 Å². The predicted octanol–water partition coefficient (Wildman–Crippen LogP) is 1.84. The van der Waals surface area contributed by atoms with Crippen LogP contribution < -0.4 is 11.1 Å². The number of carbonyl (C=O) groups excluding carboxylic acids is 1. The van der Waals surface area contributed by atoms with E-state index in [-0.39, 0.29) is 23.7 Å². The van der Waals surface area contributed by atoms with Gasteiger partial charge < -0.3 is 11.1 Å². The Morgan fingerprint density at radius 1 is 1.39 bits per heavy atom. The molecule has 1 amide bonds. The van der Waals surface area contributed by atoms with Crippen LogP contribution in [0.15, 0.2) is 47.1 Å². The molecule has 1 atom stereocenters. The number of hydrogen-bond acceptors (Lipinski definition) is 7. The molecule has 3 rings (SSSR count). The molecule has 0 spiro atoms. The van der Waals surface area contributed by atoms with Gasteiger partial charge in [-0.15, -0.1) is 16.4 Å². The minimum absolute atomic E-state index is 0.123. The molecular formula is C14H14N6OS2. The van der Waals surface area contributed by atoms with E-state index in [0.717, 1.165) is 10.6 Å². The van der Waals surface area contributed by atoms with Crippen molar-refractivity contribution < 1.29 is 4.79 Å². The van der Waals surface area contributed by atoms with E-state index in [2.05, 4.69) is 25.5 Å². The number of aromatic amines is 1. The average Bonchev–Trinajstić information content (AvgIpc) is 3.23. The molecule has 9 heteroatoms. The van der Waals surface area contributed by atoms with Gasteiger partial charge in [0.05, 0.1) is 5.75 Å². The van der Waals surface area contributed by atoms with Crippen molar-refractivity contribution in [2.75, 3.05) is 11.5 Å². The van der Waals surface area contributed by atoms with E-state index >= 15 is 0 Å². The molecule has 118 valence electrons. The van der Waals surface area contributed by atoms with Gasteiger partial charge >= 0.3 is 0 Å². The second-order valence-electron chi connectivity index (χ2n) is 4.57. The first-order chi connectivity index (χ1) is 11.2. The van der Waals surface area contributed by atoms with E-state index in [9.17, 15) is 4.79 Å². The Balaban J connectivity index is 1.67. The lowest BCUT2D eigenvalue weighted by molar-refractivity contribution is -0.119. The molecule has 0 radical (unpaired) electrons. The number of nitrogens with zero attached hydrogens (tertiary/aromatic N) is 3. The predicted molar refractivity (Wildman–Crippen MR) is 90.1 cm³/mol. The van der Waals surface area contributed by atoms with Crippen LogP contribution in [0.1, 0.15) is 16.6 Å². The lowest BCUT2D eigenvalue weighted by atomic mass is 10.1. The number of nitrogen functional groups attached to an aromatic ring is 1. The highest BCUT2D eigenvalue weighted by Gasteiger charge is 2.19. The van der Waals surface area contributed by atoms with E-state index < -0.39 is 0 Å². The fourth-order valence-corrected chi connectivity index (χ4v) is 3.30. The third-order valence-corrected chi connectivity index (χ3v) is 4.64. The third-order valence-electron chi connectivity index (χ3n) is 2.95. The summed E-state index contributed by atoms with van der Waals surface area (Å²) in [5.41, 5.74) is 6.44. The number of carbonyl (C=O) groups is 1. The maximum Gasteiger partial charge on any atom is 0.231 e. The Kier molecular flexibility index (Phi) is 4.89. The number of benzene rings is 1. The number of amides is 1. The number of thioether (sulfide) groups is 1. The SMILES string of the molecule is Nc1nc(SCC(=O)N[C@H](c2ccccc2)c2nccs2)n[nH]1. The van der Waals surface area contributed by atoms with Gasteiger partial charge in [0, 0.05) is 11.6 Å². The highest BCUT2D eigenvalue weighted by atomic mass is 32.2. The van der Waals surface area contributed by atoms with Crippen molar-refractivity contribution in [1.29, 1.82) is 0 Å². The molecule has 0 saturated heterocycles. The highest BCUT2D eigenvalue weighted by molar-refractivity contribution is 7.99. The molecule has 4 N–H and O–H groups in total. The summed E-state index contributed by atoms with van der Waals surface area (Å²) in [7, 11) is 0. The summed E-state index contributed by atoms with van der Waals surface area (Å²) < 4.78 is 0. The normalized spacial score (nSPS) is 12.0. The highest BCUT2D eigenvalue weighted by Crippen LogP contribution is 2.24. The van der Waals surface area contributed by atoms with E-state index in [1.807, 2.05) is 35.7 Å². The van der Waals surface area contributed by atoms with Gasteiger partial charge in [-0.1, -0.05) is 42.1 Å². The van der Waals surface area contributed by atoms with Crippen molar-refractivity contribution in [1.82, 2.24) is 25.5 Å². The Morgan fingerprint density at radius 2 is 2.22 bits per heavy atom. The first-order valence-electron chi connectivity index (χ1n) is 6.77. The Morgan fingerprint density at radius 3 is 2.87 bits per heavy atom. The molecule has 3 aromatic rings. The molecule has 1 aromatic carbocycles. The molecule has 2 aromatic heterocycles. The minimum Gasteiger partial charge on any atom is -0.368 e. The molecule has 0 bridgehead atoms. The summed E-state index contributed by atoms with van der Waals surface area (Å²) in [5.74, 6) is 0.312. The molecule has 0 aliphatic carbocycles. The Labute approximate surface area is 140 Å². The van der Waals surface area contributed by atoms with Crippen LogP contribution in [0.4, 0.5) is 5.95 Å². The minimum atomic E-state index is -0.262. The molecular weight excluding hydrogens is 332 g/mol. The zero-order valence-electron chi connectivity index (χ0n) is 12.0. The lowest BCUT2D eigenvalue weighted by Crippen LogP contribution is -2.30. The van der Waals surface area contributed by atoms with Gasteiger partial charge in [0.25, 0.3) is 0 Å². The quantitative estimate of drug-likeness (QED) is 0.588. The lowest BCUT2D eigenvalue weighted by Gasteiger charge is -2.16. The molecule has 0 unspecified atom stereocenters. The molecule has 2 heterocycles. The zero-order valence-corrected chi connectivity index (χ0v) is 13.6. The summed E-state index contributed by atoms with van der Waals surface area (Å²) >= 11 is 2.73. The van der Waals surface area contributed by atoms with Crippen LogP contribution in [-0.4, -0.2) is 31.8 Å². The molecule has 0 fully saturated rings. The molecule has 0 saturated carbocycles. The van der Waals surface area contributed by atoms with Gasteiger partial charge in [-0.25, -0.2) is 10.1 Å². The molecule has 0 aliphatic rings. The number of aromatic nitrogens is 4. The standard InChI is InChI=1S/C14H14N6OS2/c15-13-18-14(20-19-13)23-8-10(21)17-11(12-16-6-7-22-12)9-4-2-1-3-5-9/h1-7,11H,8H2,(H,17,21)(H3,15,18,19,20)/t11-/m1/s1. The van der Waals surface area contributed by atoms with Crippen LogP contribution in [-0.2, 0) is 4.79 Å². The van der Waals surface area contributed by atoms with Crippen molar-refractivity contribution in [3.8, 4) is 0 Å². The van der Waals surface area contributed by atoms with Crippen LogP contribution >= 0.6 is 23.1 Å². The van der Waals surface area contributed by atoms with Crippen molar-refractivity contribution in [2.24, 2.45) is 0 Å². The van der Waals surface area contributed by atoms with E-state index in [1.165, 1.54) is 23.1 Å². The number of nitrogens with one attached hydrogen (secondary N) is 2. The monoisotopic (exact) mass is 346 g/mol. The Hall–Kier alpha value is -2.39. The zero-order chi connectivity index (χ0) is 16.1. The van der Waals surface area contributed by atoms with E-state index in [1.54, 1.807) is 6.20 Å². The van der Waals surface area contributed by atoms with Gasteiger partial charge in [-0.3, -0.25) is 4.79 Å². The molecule has 7 nitrogen and oxygen atoms in total. The first kappa shape index (κ1) is 15.5. The molecule has 0 aliphatic heterocycles. The van der Waals surface area contributed by atoms with E-state index in [0.29, 0.717) is 5.16 Å². The topological polar surface area (TPSA) is 110 Å². The van der Waals surface area contributed by atoms with E-state index in [4.69, 9.17) is 5.73 Å². The van der Waals surface area contributed by atoms with Crippen LogP contribution in [0, 0.1) is 0 Å². The van der Waals surface area contributed by atoms with Gasteiger partial charge in [0.2, 0.25) is 17.0 Å². The fourth-order valence-electron chi connectivity index (χ4n) is 1.97. The van der Waals surface area contributed by atoms with Gasteiger partial charge in [-0.2, -0.15) is 4.98 Å². The second kappa shape index (κ2) is 7.25. The van der Waals surface area contributed by atoms with Crippen molar-refractivity contribution in [3.05, 3.63) is 52.5 Å². The van der Waals surface area contributed by atoms with Crippen molar-refractivity contribution in [2.45, 2.75) is 11.2 Å². The number of H-pyrrole nitrogens is 1. The maximum atomic E-state index is 12.3. The van der Waals surface area contributed by atoms with Crippen LogP contribution in [0.5, 0.6) is 0 Å². The summed E-state index contributed by atoms with van der Waals surface area (Å²) in [6, 6.07) is 9.49. The summed E-state index contributed by atoms with van der Waals surface area (Å²) in [6.45, 7) is 0. The van der Waals surface area contributed by atoms with Crippen LogP contribution in [0.25, 0.3) is 0 Å². The largest absolute Gasteiger partial charge is 0.368 e.